The fourth-order valence-corrected chi connectivity index (χ4v) is 1.92. The molecule has 1 heterocycles. The number of nitrogens with one attached hydrogen (secondary N) is 1. The highest BCUT2D eigenvalue weighted by Gasteiger charge is 2.15. The number of benzene rings is 1. The number of ether oxygens (including phenoxy) is 1. The van der Waals surface area contributed by atoms with Gasteiger partial charge in [0.25, 0.3) is 0 Å². The predicted octanol–water partition coefficient (Wildman–Crippen LogP) is 1.76. The summed E-state index contributed by atoms with van der Waals surface area (Å²) in [5.41, 5.74) is 8.84. The van der Waals surface area contributed by atoms with Gasteiger partial charge < -0.3 is 10.5 Å². The zero-order valence-corrected chi connectivity index (χ0v) is 12.3. The minimum atomic E-state index is -0.622. The second-order valence-electron chi connectivity index (χ2n) is 4.08. The van der Waals surface area contributed by atoms with Crippen molar-refractivity contribution in [2.24, 2.45) is 5.73 Å². The summed E-state index contributed by atoms with van der Waals surface area (Å²) in [6.45, 7) is 1.99. The average molecular weight is 306 g/mol. The van der Waals surface area contributed by atoms with E-state index in [9.17, 15) is 4.79 Å². The van der Waals surface area contributed by atoms with Crippen molar-refractivity contribution in [3.8, 4) is 0 Å². The van der Waals surface area contributed by atoms with Crippen LogP contribution in [0, 0.1) is 6.92 Å². The third kappa shape index (κ3) is 3.83. The summed E-state index contributed by atoms with van der Waals surface area (Å²) in [5, 5.41) is 7.94. The van der Waals surface area contributed by atoms with Crippen molar-refractivity contribution in [2.75, 3.05) is 7.11 Å². The number of H-pyrrole nitrogens is 1. The van der Waals surface area contributed by atoms with Gasteiger partial charge in [0.1, 0.15) is 6.04 Å². The maximum atomic E-state index is 11.2. The van der Waals surface area contributed by atoms with Crippen LogP contribution in [0.3, 0.4) is 0 Å². The highest BCUT2D eigenvalue weighted by Crippen LogP contribution is 2.18. The summed E-state index contributed by atoms with van der Waals surface area (Å²) in [6.07, 6.45) is 2.23. The Bertz CT molecular complexity index is 557. The molecule has 2 rings (SSSR count). The first-order chi connectivity index (χ1) is 8.11. The predicted molar refractivity (Wildman–Crippen MR) is 79.0 cm³/mol. The van der Waals surface area contributed by atoms with E-state index < -0.39 is 12.0 Å². The van der Waals surface area contributed by atoms with E-state index in [1.165, 1.54) is 7.11 Å². The van der Waals surface area contributed by atoms with Crippen molar-refractivity contribution in [1.82, 2.24) is 10.2 Å². The Morgan fingerprint density at radius 1 is 1.47 bits per heavy atom. The topological polar surface area (TPSA) is 81.0 Å². The van der Waals surface area contributed by atoms with Crippen LogP contribution < -0.4 is 5.73 Å². The molecule has 1 unspecified atom stereocenters. The molecular weight excluding hydrogens is 289 g/mol. The highest BCUT2D eigenvalue weighted by atomic mass is 35.5. The zero-order chi connectivity index (χ0) is 12.4. The Hall–Kier alpha value is -1.30. The number of aryl methyl sites for hydroxylation is 1. The lowest BCUT2D eigenvalue weighted by atomic mass is 10.0. The molecular formula is C12H17Cl2N3O2. The maximum absolute atomic E-state index is 11.2. The number of aromatic amines is 1. The van der Waals surface area contributed by atoms with Gasteiger partial charge in [0.2, 0.25) is 0 Å². The summed E-state index contributed by atoms with van der Waals surface area (Å²) < 4.78 is 4.60. The monoisotopic (exact) mass is 305 g/mol. The second kappa shape index (κ2) is 7.33. The van der Waals surface area contributed by atoms with Gasteiger partial charge in [-0.05, 0) is 30.5 Å². The van der Waals surface area contributed by atoms with E-state index in [1.54, 1.807) is 6.20 Å². The van der Waals surface area contributed by atoms with Crippen molar-refractivity contribution in [3.05, 3.63) is 29.5 Å². The van der Waals surface area contributed by atoms with Gasteiger partial charge in [0, 0.05) is 5.39 Å². The number of esters is 1. The van der Waals surface area contributed by atoms with Gasteiger partial charge in [-0.25, -0.2) is 0 Å². The van der Waals surface area contributed by atoms with Gasteiger partial charge in [-0.1, -0.05) is 6.07 Å². The Labute approximate surface area is 123 Å². The van der Waals surface area contributed by atoms with E-state index in [1.807, 2.05) is 19.1 Å². The van der Waals surface area contributed by atoms with Crippen LogP contribution in [0.15, 0.2) is 18.3 Å². The van der Waals surface area contributed by atoms with Crippen molar-refractivity contribution < 1.29 is 9.53 Å². The number of nitrogens with zero attached hydrogens (tertiary/aromatic N) is 1. The van der Waals surface area contributed by atoms with Gasteiger partial charge in [0.15, 0.2) is 0 Å². The SMILES string of the molecule is COC(=O)C(N)Cc1cc(C)c2[nH]ncc2c1.Cl.Cl. The van der Waals surface area contributed by atoms with Gasteiger partial charge in [-0.2, -0.15) is 5.10 Å². The number of nitrogens with two attached hydrogens (primary N) is 1. The van der Waals surface area contributed by atoms with Crippen LogP contribution in [0.1, 0.15) is 11.1 Å². The molecule has 2 aromatic rings. The molecule has 0 aliphatic heterocycles. The average Bonchev–Trinajstić information content (AvgIpc) is 2.76. The van der Waals surface area contributed by atoms with Crippen LogP contribution in [-0.2, 0) is 16.0 Å². The molecule has 1 aromatic carbocycles. The Balaban J connectivity index is 0.00000162. The lowest BCUT2D eigenvalue weighted by Gasteiger charge is -2.10. The summed E-state index contributed by atoms with van der Waals surface area (Å²) in [7, 11) is 1.34. The number of carbonyl (C=O) groups excluding carboxylic acids is 1. The minimum absolute atomic E-state index is 0. The molecule has 0 amide bonds. The van der Waals surface area contributed by atoms with Gasteiger partial charge in [-0.15, -0.1) is 24.8 Å². The molecule has 0 fully saturated rings. The molecule has 5 nitrogen and oxygen atoms in total. The highest BCUT2D eigenvalue weighted by molar-refractivity contribution is 5.85. The fourth-order valence-electron chi connectivity index (χ4n) is 1.92. The summed E-state index contributed by atoms with van der Waals surface area (Å²) in [6, 6.07) is 3.36. The van der Waals surface area contributed by atoms with Crippen molar-refractivity contribution in [2.45, 2.75) is 19.4 Å². The number of fused-ring (bicyclic) bond motifs is 1. The quantitative estimate of drug-likeness (QED) is 0.847. The van der Waals surface area contributed by atoms with Gasteiger partial charge in [0.05, 0.1) is 18.8 Å². The molecule has 1 atom stereocenters. The number of hydrogen-bond acceptors (Lipinski definition) is 4. The van der Waals surface area contributed by atoms with E-state index in [4.69, 9.17) is 5.73 Å². The first-order valence-electron chi connectivity index (χ1n) is 5.38. The Morgan fingerprint density at radius 2 is 2.16 bits per heavy atom. The zero-order valence-electron chi connectivity index (χ0n) is 10.7. The standard InChI is InChI=1S/C12H15N3O2.2ClH/c1-7-3-8(5-10(13)12(16)17-2)4-9-6-14-15-11(7)9;;/h3-4,6,10H,5,13H2,1-2H3,(H,14,15);2*1H. The molecule has 19 heavy (non-hydrogen) atoms. The van der Waals surface area contributed by atoms with E-state index in [0.717, 1.165) is 22.0 Å². The van der Waals surface area contributed by atoms with E-state index >= 15 is 0 Å². The minimum Gasteiger partial charge on any atom is -0.468 e. The van der Waals surface area contributed by atoms with Crippen LogP contribution in [0.5, 0.6) is 0 Å². The number of rotatable bonds is 3. The normalized spacial score (nSPS) is 11.3. The maximum Gasteiger partial charge on any atom is 0.322 e. The van der Waals surface area contributed by atoms with Crippen LogP contribution in [0.25, 0.3) is 10.9 Å². The molecule has 0 radical (unpaired) electrons. The van der Waals surface area contributed by atoms with Crippen LogP contribution in [0.2, 0.25) is 0 Å². The van der Waals surface area contributed by atoms with E-state index in [-0.39, 0.29) is 24.8 Å². The molecule has 1 aromatic heterocycles. The molecule has 7 heteroatoms. The van der Waals surface area contributed by atoms with Gasteiger partial charge in [-0.3, -0.25) is 9.89 Å². The van der Waals surface area contributed by atoms with Crippen molar-refractivity contribution in [1.29, 1.82) is 0 Å². The molecule has 0 saturated heterocycles. The lowest BCUT2D eigenvalue weighted by molar-refractivity contribution is -0.142. The lowest BCUT2D eigenvalue weighted by Crippen LogP contribution is -2.33. The summed E-state index contributed by atoms with van der Waals surface area (Å²) in [4.78, 5) is 11.2. The molecule has 106 valence electrons. The third-order valence-corrected chi connectivity index (χ3v) is 2.77. The van der Waals surface area contributed by atoms with E-state index in [2.05, 4.69) is 14.9 Å². The van der Waals surface area contributed by atoms with Crippen molar-refractivity contribution >= 4 is 41.7 Å². The molecule has 0 aliphatic carbocycles. The fraction of sp³-hybridized carbons (Fsp3) is 0.333. The third-order valence-electron chi connectivity index (χ3n) is 2.77. The number of aromatic nitrogens is 2. The molecule has 3 N–H and O–H groups in total. The molecule has 0 spiro atoms. The Kier molecular flexibility index (Phi) is 6.83. The summed E-state index contributed by atoms with van der Waals surface area (Å²) >= 11 is 0. The second-order valence-corrected chi connectivity index (χ2v) is 4.08. The van der Waals surface area contributed by atoms with Crippen LogP contribution in [-0.4, -0.2) is 29.3 Å². The van der Waals surface area contributed by atoms with E-state index in [0.29, 0.717) is 6.42 Å². The van der Waals surface area contributed by atoms with Crippen molar-refractivity contribution in [3.63, 3.8) is 0 Å². The number of carbonyl (C=O) groups is 1. The van der Waals surface area contributed by atoms with Gasteiger partial charge >= 0.3 is 5.97 Å². The van der Waals surface area contributed by atoms with Crippen LogP contribution in [0.4, 0.5) is 0 Å². The largest absolute Gasteiger partial charge is 0.468 e. The van der Waals surface area contributed by atoms with Crippen LogP contribution >= 0.6 is 24.8 Å². The molecule has 0 aliphatic rings. The number of halogens is 2. The summed E-state index contributed by atoms with van der Waals surface area (Å²) in [5.74, 6) is -0.394. The first-order valence-corrected chi connectivity index (χ1v) is 5.38. The smallest absolute Gasteiger partial charge is 0.322 e. The molecule has 0 saturated carbocycles. The number of hydrogen-bond donors (Lipinski definition) is 2. The number of methoxy groups -OCH3 is 1. The molecule has 0 bridgehead atoms. The Morgan fingerprint density at radius 3 is 2.79 bits per heavy atom. The first kappa shape index (κ1) is 17.7.